The average Bonchev–Trinajstić information content (AvgIpc) is 3.08. The van der Waals surface area contributed by atoms with Crippen molar-refractivity contribution in [3.05, 3.63) is 51.1 Å². The fourth-order valence-corrected chi connectivity index (χ4v) is 3.86. The molecule has 0 saturated carbocycles. The Hall–Kier alpha value is -1.66. The maximum Gasteiger partial charge on any atom is 0.264 e. The number of benzene rings is 1. The molecule has 0 spiro atoms. The van der Waals surface area contributed by atoms with Gasteiger partial charge in [0.25, 0.3) is 5.91 Å². The molecule has 1 fully saturated rings. The number of carbonyl (C=O) groups is 2. The number of piperidine rings is 1. The number of amides is 2. The van der Waals surface area contributed by atoms with Crippen LogP contribution in [0.1, 0.15) is 28.9 Å². The second-order valence-electron chi connectivity index (χ2n) is 5.49. The Bertz CT molecular complexity index is 702. The van der Waals surface area contributed by atoms with Crippen molar-refractivity contribution >= 4 is 44.8 Å². The Kier molecular flexibility index (Phi) is 5.13. The molecule has 1 aliphatic heterocycles. The first-order valence-electron chi connectivity index (χ1n) is 7.56. The molecule has 1 N–H and O–H groups in total. The van der Waals surface area contributed by atoms with Crippen LogP contribution >= 0.6 is 27.3 Å². The van der Waals surface area contributed by atoms with Gasteiger partial charge in [-0.05, 0) is 48.9 Å². The van der Waals surface area contributed by atoms with Crippen LogP contribution in [0.25, 0.3) is 0 Å². The van der Waals surface area contributed by atoms with Crippen molar-refractivity contribution in [2.24, 2.45) is 0 Å². The van der Waals surface area contributed by atoms with E-state index in [2.05, 4.69) is 21.2 Å². The summed E-state index contributed by atoms with van der Waals surface area (Å²) in [6.45, 7) is 0.632. The first kappa shape index (κ1) is 16.2. The number of rotatable bonds is 3. The Balaban J connectivity index is 1.75. The fraction of sp³-hybridized carbons (Fsp3) is 0.294. The second-order valence-corrected chi connectivity index (χ2v) is 7.35. The largest absolute Gasteiger partial charge is 0.326 e. The quantitative estimate of drug-likeness (QED) is 0.852. The lowest BCUT2D eigenvalue weighted by molar-refractivity contribution is -0.121. The van der Waals surface area contributed by atoms with Gasteiger partial charge < -0.3 is 10.2 Å². The highest BCUT2D eigenvalue weighted by Gasteiger charge is 2.33. The molecule has 0 unspecified atom stereocenters. The van der Waals surface area contributed by atoms with Gasteiger partial charge in [0.15, 0.2) is 0 Å². The number of carbonyl (C=O) groups excluding carboxylic acids is 2. The molecule has 1 aromatic carbocycles. The normalized spacial score (nSPS) is 17.8. The van der Waals surface area contributed by atoms with E-state index in [1.807, 2.05) is 41.8 Å². The first-order valence-corrected chi connectivity index (χ1v) is 9.23. The number of anilines is 1. The van der Waals surface area contributed by atoms with Crippen molar-refractivity contribution in [2.45, 2.75) is 25.3 Å². The molecule has 1 aromatic heterocycles. The van der Waals surface area contributed by atoms with Gasteiger partial charge in [0.1, 0.15) is 6.04 Å². The van der Waals surface area contributed by atoms with Gasteiger partial charge in [-0.25, -0.2) is 0 Å². The van der Waals surface area contributed by atoms with Gasteiger partial charge in [-0.2, -0.15) is 0 Å². The lowest BCUT2D eigenvalue weighted by atomic mass is 10.0. The highest BCUT2D eigenvalue weighted by molar-refractivity contribution is 9.10. The molecule has 1 saturated heterocycles. The lowest BCUT2D eigenvalue weighted by Gasteiger charge is -2.34. The van der Waals surface area contributed by atoms with Gasteiger partial charge in [-0.1, -0.05) is 28.1 Å². The zero-order valence-electron chi connectivity index (χ0n) is 12.5. The molecule has 23 heavy (non-hydrogen) atoms. The van der Waals surface area contributed by atoms with Gasteiger partial charge in [-0.15, -0.1) is 11.3 Å². The lowest BCUT2D eigenvalue weighted by Crippen LogP contribution is -2.49. The minimum atomic E-state index is -0.405. The minimum Gasteiger partial charge on any atom is -0.326 e. The van der Waals surface area contributed by atoms with Crippen molar-refractivity contribution in [3.8, 4) is 0 Å². The average molecular weight is 393 g/mol. The molecule has 1 aliphatic rings. The van der Waals surface area contributed by atoms with Crippen LogP contribution < -0.4 is 5.32 Å². The van der Waals surface area contributed by atoms with Gasteiger partial charge >= 0.3 is 0 Å². The standard InChI is InChI=1S/C17H17BrN2O2S/c18-12-5-3-6-13(11-12)19-16(21)14-7-1-2-9-20(14)17(22)15-8-4-10-23-15/h3-6,8,10-11,14H,1-2,7,9H2,(H,19,21)/t14-/m1/s1. The molecule has 120 valence electrons. The molecular formula is C17H17BrN2O2S. The predicted molar refractivity (Wildman–Crippen MR) is 95.8 cm³/mol. The monoisotopic (exact) mass is 392 g/mol. The summed E-state index contributed by atoms with van der Waals surface area (Å²) in [5, 5.41) is 4.81. The van der Waals surface area contributed by atoms with E-state index in [0.717, 1.165) is 23.0 Å². The summed E-state index contributed by atoms with van der Waals surface area (Å²) in [5.74, 6) is -0.165. The molecule has 3 rings (SSSR count). The molecule has 0 radical (unpaired) electrons. The van der Waals surface area contributed by atoms with E-state index < -0.39 is 6.04 Å². The third kappa shape index (κ3) is 3.82. The third-order valence-corrected chi connectivity index (χ3v) is 5.24. The van der Waals surface area contributed by atoms with Crippen molar-refractivity contribution in [1.29, 1.82) is 0 Å². The number of nitrogens with one attached hydrogen (secondary N) is 1. The van der Waals surface area contributed by atoms with Crippen LogP contribution in [-0.2, 0) is 4.79 Å². The van der Waals surface area contributed by atoms with Gasteiger partial charge in [0, 0.05) is 16.7 Å². The smallest absolute Gasteiger partial charge is 0.264 e. The van der Waals surface area contributed by atoms with Crippen molar-refractivity contribution in [1.82, 2.24) is 4.90 Å². The molecule has 4 nitrogen and oxygen atoms in total. The number of hydrogen-bond acceptors (Lipinski definition) is 3. The Morgan fingerprint density at radius 1 is 1.22 bits per heavy atom. The summed E-state index contributed by atoms with van der Waals surface area (Å²) in [7, 11) is 0. The topological polar surface area (TPSA) is 49.4 Å². The molecule has 0 bridgehead atoms. The van der Waals surface area contributed by atoms with Crippen molar-refractivity contribution < 1.29 is 9.59 Å². The van der Waals surface area contributed by atoms with Gasteiger partial charge in [-0.3, -0.25) is 9.59 Å². The summed E-state index contributed by atoms with van der Waals surface area (Å²) in [4.78, 5) is 27.7. The third-order valence-electron chi connectivity index (χ3n) is 3.89. The van der Waals surface area contributed by atoms with E-state index in [9.17, 15) is 9.59 Å². The summed E-state index contributed by atoms with van der Waals surface area (Å²) < 4.78 is 0.908. The summed E-state index contributed by atoms with van der Waals surface area (Å²) >= 11 is 4.81. The SMILES string of the molecule is O=C(Nc1cccc(Br)c1)[C@H]1CCCCN1C(=O)c1cccs1. The van der Waals surface area contributed by atoms with E-state index in [1.54, 1.807) is 4.90 Å². The van der Waals surface area contributed by atoms with Crippen LogP contribution in [0.4, 0.5) is 5.69 Å². The van der Waals surface area contributed by atoms with Crippen LogP contribution in [0.2, 0.25) is 0 Å². The van der Waals surface area contributed by atoms with Gasteiger partial charge in [0.2, 0.25) is 5.91 Å². The van der Waals surface area contributed by atoms with Crippen LogP contribution in [0.5, 0.6) is 0 Å². The van der Waals surface area contributed by atoms with Crippen LogP contribution in [0, 0.1) is 0 Å². The Labute approximate surface area is 147 Å². The second kappa shape index (κ2) is 7.27. The summed E-state index contributed by atoms with van der Waals surface area (Å²) in [5.41, 5.74) is 0.735. The number of hydrogen-bond donors (Lipinski definition) is 1. The summed E-state index contributed by atoms with van der Waals surface area (Å²) in [6.07, 6.45) is 2.61. The van der Waals surface area contributed by atoms with Gasteiger partial charge in [0.05, 0.1) is 4.88 Å². The zero-order valence-corrected chi connectivity index (χ0v) is 14.9. The minimum absolute atomic E-state index is 0.0471. The van der Waals surface area contributed by atoms with Crippen molar-refractivity contribution in [3.63, 3.8) is 0 Å². The summed E-state index contributed by atoms with van der Waals surface area (Å²) in [6, 6.07) is 10.7. The van der Waals surface area contributed by atoms with E-state index >= 15 is 0 Å². The number of likely N-dealkylation sites (tertiary alicyclic amines) is 1. The molecule has 2 aromatic rings. The maximum atomic E-state index is 12.6. The van der Waals surface area contributed by atoms with Crippen LogP contribution in [-0.4, -0.2) is 29.3 Å². The molecule has 1 atom stereocenters. The van der Waals surface area contributed by atoms with E-state index in [4.69, 9.17) is 0 Å². The van der Waals surface area contributed by atoms with Crippen molar-refractivity contribution in [2.75, 3.05) is 11.9 Å². The van der Waals surface area contributed by atoms with E-state index in [-0.39, 0.29) is 11.8 Å². The molecular weight excluding hydrogens is 376 g/mol. The highest BCUT2D eigenvalue weighted by atomic mass is 79.9. The molecule has 0 aliphatic carbocycles. The Morgan fingerprint density at radius 2 is 2.09 bits per heavy atom. The van der Waals surface area contributed by atoms with Crippen LogP contribution in [0.3, 0.4) is 0 Å². The highest BCUT2D eigenvalue weighted by Crippen LogP contribution is 2.23. The number of thiophene rings is 1. The number of nitrogens with zero attached hydrogens (tertiary/aromatic N) is 1. The fourth-order valence-electron chi connectivity index (χ4n) is 2.78. The predicted octanol–water partition coefficient (Wildman–Crippen LogP) is 4.14. The zero-order chi connectivity index (χ0) is 16.2. The first-order chi connectivity index (χ1) is 11.1. The van der Waals surface area contributed by atoms with Crippen LogP contribution in [0.15, 0.2) is 46.3 Å². The Morgan fingerprint density at radius 3 is 2.83 bits per heavy atom. The molecule has 6 heteroatoms. The molecule has 2 amide bonds. The molecule has 2 heterocycles. The number of halogens is 1. The van der Waals surface area contributed by atoms with E-state index in [0.29, 0.717) is 17.8 Å². The maximum absolute atomic E-state index is 12.6. The van der Waals surface area contributed by atoms with E-state index in [1.165, 1.54) is 11.3 Å².